The Labute approximate surface area is 694 Å². The fourth-order valence-electron chi connectivity index (χ4n) is 14.6. The lowest BCUT2D eigenvalue weighted by atomic mass is 9.96. The largest absolute Gasteiger partial charge is 0.283 e. The summed E-state index contributed by atoms with van der Waals surface area (Å²) in [5, 5.41) is 0. The summed E-state index contributed by atoms with van der Waals surface area (Å²) < 4.78 is 0. The predicted octanol–water partition coefficient (Wildman–Crippen LogP) is 24.6. The minimum Gasteiger partial charge on any atom is -0.283 e. The monoisotopic (exact) mass is 1540 g/mol. The molecule has 0 saturated heterocycles. The average molecular weight is 1540 g/mol. The van der Waals surface area contributed by atoms with Crippen molar-refractivity contribution < 1.29 is 0 Å². The van der Waals surface area contributed by atoms with Gasteiger partial charge in [0.05, 0.1) is 96.8 Å². The molecule has 566 valence electrons. The summed E-state index contributed by atoms with van der Waals surface area (Å²) in [5.41, 5.74) is 27.9. The smallest absolute Gasteiger partial charge is 0.161 e. The van der Waals surface area contributed by atoms with Crippen molar-refractivity contribution in [1.29, 1.82) is 0 Å². The molecule has 0 N–H and O–H groups in total. The Morgan fingerprint density at radius 2 is 0.483 bits per heavy atom. The van der Waals surface area contributed by atoms with E-state index in [1.165, 1.54) is 0 Å². The summed E-state index contributed by atoms with van der Waals surface area (Å²) in [4.78, 5) is 70.5. The minimum absolute atomic E-state index is 0.603. The molecule has 10 aromatic carbocycles. The van der Waals surface area contributed by atoms with Crippen molar-refractivity contribution in [2.75, 3.05) is 6.54 Å². The molecule has 0 atom stereocenters. The molecule has 14 nitrogen and oxygen atoms in total. The lowest BCUT2D eigenvalue weighted by Crippen LogP contribution is -2.07. The number of rotatable bonds is 18. The molecule has 0 spiro atoms. The normalized spacial score (nSPS) is 11.6. The van der Waals surface area contributed by atoms with Crippen molar-refractivity contribution in [3.63, 3.8) is 0 Å². The third kappa shape index (κ3) is 16.7. The fraction of sp³-hybridized carbons (Fsp3) is 0.0189. The van der Waals surface area contributed by atoms with Crippen LogP contribution in [0.5, 0.6) is 0 Å². The molecule has 0 fully saturated rings. The standard InChI is InChI=1S/C53H37N7.C53H35N7/c1-5-18-36(19-6-1)46-34-47(37-20-7-2-8-21-37)59-53(58-46)42-27-14-13-26-41(42)40-32-49(43-28-15-16-31-54-43)56-50(33-40)44-29-17-30-45(55-44)51-35-48(38-22-9-3-10-23-38)57-52(60-51)39-24-11-4-12-25-39;1-5-15-37(16-6-1)45-35-48(58-52(57-45)41-21-11-4-12-22-41)40-26-24-36(25-27-40)43-32-50(44-23-13-14-29-54-44)56-51(33-43)49-31-42(28-30-55-49)53-59-46(38-17-7-2-8-18-38)34-47(60-53)39-19-9-3-10-20-39/h1-15,17-30,32-35H,16,31H2;1-35H. The Morgan fingerprint density at radius 1 is 0.167 bits per heavy atom. The highest BCUT2D eigenvalue weighted by Crippen LogP contribution is 2.39. The van der Waals surface area contributed by atoms with Gasteiger partial charge in [-0.25, -0.2) is 54.8 Å². The Hall–Kier alpha value is -16.3. The fourth-order valence-corrected chi connectivity index (χ4v) is 14.6. The summed E-state index contributed by atoms with van der Waals surface area (Å²) in [6.07, 6.45) is 8.69. The van der Waals surface area contributed by atoms with Gasteiger partial charge in [0.2, 0.25) is 0 Å². The molecule has 20 rings (SSSR count). The molecular weight excluding hydrogens is 1470 g/mol. The lowest BCUT2D eigenvalue weighted by Gasteiger charge is -2.15. The molecule has 14 heteroatoms. The summed E-state index contributed by atoms with van der Waals surface area (Å²) in [5.74, 6) is 2.55. The van der Waals surface area contributed by atoms with Gasteiger partial charge in [-0.05, 0) is 120 Å². The van der Waals surface area contributed by atoms with Gasteiger partial charge in [-0.2, -0.15) is 0 Å². The molecule has 1 aliphatic rings. The molecule has 0 aliphatic carbocycles. The molecule has 19 aromatic rings. The average Bonchev–Trinajstić information content (AvgIpc) is 0.765. The van der Waals surface area contributed by atoms with Gasteiger partial charge in [0.1, 0.15) is 0 Å². The maximum atomic E-state index is 5.24. The highest BCUT2D eigenvalue weighted by atomic mass is 14.9. The first-order chi connectivity index (χ1) is 59.4. The topological polar surface area (TPSA) is 180 Å². The number of benzene rings is 10. The third-order valence-corrected chi connectivity index (χ3v) is 20.6. The molecule has 0 saturated carbocycles. The molecular formula is C106H72N14. The van der Waals surface area contributed by atoms with E-state index in [9.17, 15) is 0 Å². The maximum Gasteiger partial charge on any atom is 0.161 e. The molecule has 120 heavy (non-hydrogen) atoms. The van der Waals surface area contributed by atoms with Crippen LogP contribution >= 0.6 is 0 Å². The molecule has 0 unspecified atom stereocenters. The molecule has 0 radical (unpaired) electrons. The zero-order chi connectivity index (χ0) is 80.2. The Bertz CT molecular complexity index is 6680. The van der Waals surface area contributed by atoms with Gasteiger partial charge >= 0.3 is 0 Å². The maximum absolute atomic E-state index is 5.24. The van der Waals surface area contributed by atoms with Crippen LogP contribution in [0, 0.1) is 0 Å². The van der Waals surface area contributed by atoms with Gasteiger partial charge in [0, 0.05) is 80.1 Å². The second-order valence-corrected chi connectivity index (χ2v) is 28.7. The van der Waals surface area contributed by atoms with Gasteiger partial charge in [0.25, 0.3) is 0 Å². The zero-order valence-electron chi connectivity index (χ0n) is 64.9. The summed E-state index contributed by atoms with van der Waals surface area (Å²) in [6, 6.07) is 131. The van der Waals surface area contributed by atoms with E-state index in [1.54, 1.807) is 12.4 Å². The second-order valence-electron chi connectivity index (χ2n) is 28.7. The Morgan fingerprint density at radius 3 is 0.933 bits per heavy atom. The molecule has 10 heterocycles. The molecule has 0 amide bonds. The SMILES string of the molecule is C1=CC(c2cc(-c3ccccc3-c3nc(-c4ccccc4)cc(-c4ccccc4)n3)cc(-c3cccc(-c4cc(-c5ccccc5)nc(-c5ccccc5)n4)n3)n2)=NCC1.c1ccc(-c2cc(-c3ccc(-c4cc(-c5ccccn5)nc(-c5cc(-c6nc(-c7ccccc7)cc(-c7ccccc7)n6)ccn5)c4)cc3)nc(-c3ccccc3)n2)cc1. The number of dihydropyridines is 1. The molecule has 1 aliphatic heterocycles. The van der Waals surface area contributed by atoms with Crippen LogP contribution in [0.25, 0.3) is 192 Å². The number of aromatic nitrogens is 13. The first kappa shape index (κ1) is 73.8. The first-order valence-corrected chi connectivity index (χ1v) is 39.7. The van der Waals surface area contributed by atoms with E-state index in [2.05, 4.69) is 169 Å². The summed E-state index contributed by atoms with van der Waals surface area (Å²) in [6.45, 7) is 0.709. The summed E-state index contributed by atoms with van der Waals surface area (Å²) in [7, 11) is 0. The highest BCUT2D eigenvalue weighted by Gasteiger charge is 2.22. The molecule has 9 aromatic heterocycles. The second kappa shape index (κ2) is 34.4. The minimum atomic E-state index is 0.603. The van der Waals surface area contributed by atoms with Crippen molar-refractivity contribution in [2.45, 2.75) is 6.42 Å². The van der Waals surface area contributed by atoms with E-state index < -0.39 is 0 Å². The van der Waals surface area contributed by atoms with E-state index in [-0.39, 0.29) is 0 Å². The number of allylic oxidation sites excluding steroid dienone is 1. The van der Waals surface area contributed by atoms with E-state index in [0.717, 1.165) is 158 Å². The van der Waals surface area contributed by atoms with Gasteiger partial charge in [0.15, 0.2) is 23.3 Å². The van der Waals surface area contributed by atoms with Crippen molar-refractivity contribution in [2.24, 2.45) is 4.99 Å². The number of hydrogen-bond acceptors (Lipinski definition) is 14. The van der Waals surface area contributed by atoms with Crippen molar-refractivity contribution in [1.82, 2.24) is 64.8 Å². The van der Waals surface area contributed by atoms with Crippen LogP contribution < -0.4 is 0 Å². The number of nitrogens with zero attached hydrogens (tertiary/aromatic N) is 14. The van der Waals surface area contributed by atoms with Gasteiger partial charge in [-0.15, -0.1) is 0 Å². The Balaban J connectivity index is 0.000000159. The van der Waals surface area contributed by atoms with Crippen LogP contribution in [0.3, 0.4) is 0 Å². The number of aliphatic imine (C=N–C) groups is 1. The third-order valence-electron chi connectivity index (χ3n) is 20.6. The lowest BCUT2D eigenvalue weighted by molar-refractivity contribution is 0.991. The van der Waals surface area contributed by atoms with Gasteiger partial charge in [-0.1, -0.05) is 309 Å². The van der Waals surface area contributed by atoms with Crippen LogP contribution in [0.15, 0.2) is 418 Å². The number of hydrogen-bond donors (Lipinski definition) is 0. The van der Waals surface area contributed by atoms with E-state index in [1.807, 2.05) is 237 Å². The van der Waals surface area contributed by atoms with Gasteiger partial charge in [-0.3, -0.25) is 15.0 Å². The summed E-state index contributed by atoms with van der Waals surface area (Å²) >= 11 is 0. The number of pyridine rings is 5. The van der Waals surface area contributed by atoms with Crippen LogP contribution in [0.1, 0.15) is 12.1 Å². The van der Waals surface area contributed by atoms with Crippen molar-refractivity contribution in [3.05, 3.63) is 418 Å². The predicted molar refractivity (Wildman–Crippen MR) is 482 cm³/mol. The van der Waals surface area contributed by atoms with Crippen LogP contribution in [-0.2, 0) is 0 Å². The van der Waals surface area contributed by atoms with Crippen LogP contribution in [0.2, 0.25) is 0 Å². The van der Waals surface area contributed by atoms with E-state index >= 15 is 0 Å². The van der Waals surface area contributed by atoms with Crippen LogP contribution in [0.4, 0.5) is 0 Å². The zero-order valence-corrected chi connectivity index (χ0v) is 64.9. The van der Waals surface area contributed by atoms with E-state index in [0.29, 0.717) is 58.3 Å². The van der Waals surface area contributed by atoms with E-state index in [4.69, 9.17) is 64.8 Å². The Kier molecular flexibility index (Phi) is 21.2. The first-order valence-electron chi connectivity index (χ1n) is 39.7. The quantitative estimate of drug-likeness (QED) is 0.0792. The van der Waals surface area contributed by atoms with Crippen LogP contribution in [-0.4, -0.2) is 77.0 Å². The molecule has 0 bridgehead atoms. The van der Waals surface area contributed by atoms with Crippen molar-refractivity contribution >= 4 is 5.71 Å². The van der Waals surface area contributed by atoms with Gasteiger partial charge < -0.3 is 0 Å². The highest BCUT2D eigenvalue weighted by molar-refractivity contribution is 6.09. The van der Waals surface area contributed by atoms with Crippen molar-refractivity contribution in [3.8, 4) is 192 Å².